The summed E-state index contributed by atoms with van der Waals surface area (Å²) in [6.07, 6.45) is 0. The van der Waals surface area contributed by atoms with Crippen molar-refractivity contribution in [3.8, 4) is 0 Å². The van der Waals surface area contributed by atoms with Gasteiger partial charge < -0.3 is 20.0 Å². The molecule has 0 amide bonds. The van der Waals surface area contributed by atoms with Crippen LogP contribution in [0.2, 0.25) is 0 Å². The molecule has 0 heterocycles. The van der Waals surface area contributed by atoms with Crippen LogP contribution in [-0.2, 0) is 0 Å². The molecule has 2 N–H and O–H groups in total. The zero-order chi connectivity index (χ0) is 17.9. The highest BCUT2D eigenvalue weighted by Gasteiger charge is 2.21. The molecule has 0 saturated heterocycles. The second-order valence-electron chi connectivity index (χ2n) is 5.05. The molecule has 0 aliphatic heterocycles. The molecule has 0 aliphatic carbocycles. The molecule has 7 heteroatoms. The number of aromatic carboxylic acids is 2. The minimum Gasteiger partial charge on any atom is -0.478 e. The van der Waals surface area contributed by atoms with E-state index in [2.05, 4.69) is 0 Å². The van der Waals surface area contributed by atoms with E-state index in [0.717, 1.165) is 0 Å². The molecule has 0 atom stereocenters. The van der Waals surface area contributed by atoms with Gasteiger partial charge in [-0.25, -0.2) is 9.59 Å². The molecule has 0 bridgehead atoms. The highest BCUT2D eigenvalue weighted by molar-refractivity contribution is 7.80. The third-order valence-corrected chi connectivity index (χ3v) is 4.11. The molecule has 0 fully saturated rings. The number of rotatable bonds is 4. The SMILES string of the molecule is CN(C(=S)N(C)c1ccccc1C(=O)O)c1ccccc1C(=O)O. The lowest BCUT2D eigenvalue weighted by Crippen LogP contribution is -2.40. The lowest BCUT2D eigenvalue weighted by molar-refractivity contribution is 0.0687. The number of carbonyl (C=O) groups is 2. The van der Waals surface area contributed by atoms with Crippen LogP contribution in [0.1, 0.15) is 20.7 Å². The Morgan fingerprint density at radius 2 is 1.12 bits per heavy atom. The van der Waals surface area contributed by atoms with Gasteiger partial charge in [-0.3, -0.25) is 0 Å². The molecule has 0 aliphatic rings. The van der Waals surface area contributed by atoms with E-state index in [1.807, 2.05) is 0 Å². The van der Waals surface area contributed by atoms with Gasteiger partial charge in [-0.15, -0.1) is 0 Å². The van der Waals surface area contributed by atoms with Crippen molar-refractivity contribution < 1.29 is 19.8 Å². The Balaban J connectivity index is 2.39. The first-order valence-corrected chi connectivity index (χ1v) is 7.41. The van der Waals surface area contributed by atoms with Crippen molar-refractivity contribution >= 4 is 40.6 Å². The lowest BCUT2D eigenvalue weighted by Gasteiger charge is -2.29. The number of benzene rings is 2. The van der Waals surface area contributed by atoms with E-state index in [0.29, 0.717) is 11.4 Å². The minimum absolute atomic E-state index is 0.113. The van der Waals surface area contributed by atoms with Crippen molar-refractivity contribution in [2.45, 2.75) is 0 Å². The summed E-state index contributed by atoms with van der Waals surface area (Å²) in [5.41, 5.74) is 1.08. The fourth-order valence-corrected chi connectivity index (χ4v) is 2.52. The predicted molar refractivity (Wildman–Crippen MR) is 96.2 cm³/mol. The van der Waals surface area contributed by atoms with Gasteiger partial charge in [-0.05, 0) is 36.5 Å². The van der Waals surface area contributed by atoms with Crippen LogP contribution in [0.3, 0.4) is 0 Å². The third-order valence-electron chi connectivity index (χ3n) is 3.57. The number of hydrogen-bond donors (Lipinski definition) is 2. The molecule has 0 radical (unpaired) electrons. The molecule has 0 unspecified atom stereocenters. The van der Waals surface area contributed by atoms with Gasteiger partial charge in [0.05, 0.1) is 22.5 Å². The first-order valence-electron chi connectivity index (χ1n) is 7.00. The average Bonchev–Trinajstić information content (AvgIpc) is 2.59. The zero-order valence-corrected chi connectivity index (χ0v) is 13.9. The normalized spacial score (nSPS) is 10.1. The van der Waals surface area contributed by atoms with Crippen molar-refractivity contribution in [3.63, 3.8) is 0 Å². The molecular formula is C17H16N2O4S. The summed E-state index contributed by atoms with van der Waals surface area (Å²) in [5, 5.41) is 18.9. The average molecular weight is 344 g/mol. The zero-order valence-electron chi connectivity index (χ0n) is 13.1. The van der Waals surface area contributed by atoms with Gasteiger partial charge >= 0.3 is 11.9 Å². The molecule has 24 heavy (non-hydrogen) atoms. The Morgan fingerprint density at radius 3 is 1.46 bits per heavy atom. The molecule has 0 spiro atoms. The van der Waals surface area contributed by atoms with Crippen molar-refractivity contribution in [1.29, 1.82) is 0 Å². The van der Waals surface area contributed by atoms with Crippen LogP contribution >= 0.6 is 12.2 Å². The first-order chi connectivity index (χ1) is 11.3. The van der Waals surface area contributed by atoms with Gasteiger partial charge in [-0.1, -0.05) is 24.3 Å². The summed E-state index contributed by atoms with van der Waals surface area (Å²) in [4.78, 5) is 25.8. The molecule has 2 aromatic rings. The van der Waals surface area contributed by atoms with Gasteiger partial charge in [0.2, 0.25) is 0 Å². The van der Waals surface area contributed by atoms with E-state index in [1.54, 1.807) is 50.5 Å². The fourth-order valence-electron chi connectivity index (χ4n) is 2.33. The summed E-state index contributed by atoms with van der Waals surface area (Å²) in [5.74, 6) is -2.12. The summed E-state index contributed by atoms with van der Waals surface area (Å²) >= 11 is 5.42. The maximum atomic E-state index is 11.4. The van der Waals surface area contributed by atoms with Crippen LogP contribution in [0.4, 0.5) is 11.4 Å². The number of carboxylic acids is 2. The first kappa shape index (κ1) is 17.4. The summed E-state index contributed by atoms with van der Waals surface area (Å²) in [6.45, 7) is 0. The number of anilines is 2. The molecule has 2 rings (SSSR count). The van der Waals surface area contributed by atoms with E-state index in [9.17, 15) is 19.8 Å². The Kier molecular flexibility index (Phi) is 5.15. The number of thiocarbonyl (C=S) groups is 1. The van der Waals surface area contributed by atoms with E-state index in [-0.39, 0.29) is 16.2 Å². The maximum Gasteiger partial charge on any atom is 0.337 e. The number of carboxylic acid groups (broad SMARTS) is 2. The minimum atomic E-state index is -1.06. The molecule has 0 aromatic heterocycles. The van der Waals surface area contributed by atoms with Crippen molar-refractivity contribution in [1.82, 2.24) is 0 Å². The van der Waals surface area contributed by atoms with Crippen LogP contribution in [-0.4, -0.2) is 41.4 Å². The Labute approximate surface area is 144 Å². The van der Waals surface area contributed by atoms with E-state index in [4.69, 9.17) is 12.2 Å². The Bertz CT molecular complexity index is 741. The number of nitrogens with zero attached hydrogens (tertiary/aromatic N) is 2. The Hall–Kier alpha value is -2.93. The van der Waals surface area contributed by atoms with Crippen LogP contribution in [0.25, 0.3) is 0 Å². The standard InChI is InChI=1S/C17H16N2O4S/c1-18(13-9-5-3-7-11(13)15(20)21)17(24)19(2)14-10-6-4-8-12(14)16(22)23/h3-10H,1-2H3,(H,20,21)(H,22,23). The molecular weight excluding hydrogens is 328 g/mol. The number of hydrogen-bond acceptors (Lipinski definition) is 3. The van der Waals surface area contributed by atoms with Crippen LogP contribution in [0.5, 0.6) is 0 Å². The second-order valence-corrected chi connectivity index (χ2v) is 5.41. The molecule has 0 saturated carbocycles. The van der Waals surface area contributed by atoms with Gasteiger partial charge in [0.15, 0.2) is 5.11 Å². The predicted octanol–water partition coefficient (Wildman–Crippen LogP) is 2.94. The summed E-state index contributed by atoms with van der Waals surface area (Å²) in [6, 6.07) is 13.0. The van der Waals surface area contributed by atoms with E-state index >= 15 is 0 Å². The van der Waals surface area contributed by atoms with Crippen LogP contribution in [0, 0.1) is 0 Å². The fraction of sp³-hybridized carbons (Fsp3) is 0.118. The molecule has 124 valence electrons. The molecule has 6 nitrogen and oxygen atoms in total. The van der Waals surface area contributed by atoms with Gasteiger partial charge in [-0.2, -0.15) is 0 Å². The van der Waals surface area contributed by atoms with Crippen LogP contribution in [0.15, 0.2) is 48.5 Å². The van der Waals surface area contributed by atoms with E-state index < -0.39 is 11.9 Å². The highest BCUT2D eigenvalue weighted by Crippen LogP contribution is 2.24. The van der Waals surface area contributed by atoms with Gasteiger partial charge in [0.25, 0.3) is 0 Å². The second kappa shape index (κ2) is 7.10. The monoisotopic (exact) mass is 344 g/mol. The summed E-state index contributed by atoms with van der Waals surface area (Å²) < 4.78 is 0. The maximum absolute atomic E-state index is 11.4. The quantitative estimate of drug-likeness (QED) is 0.825. The van der Waals surface area contributed by atoms with Crippen molar-refractivity contribution in [2.75, 3.05) is 23.9 Å². The number of para-hydroxylation sites is 2. The van der Waals surface area contributed by atoms with Crippen molar-refractivity contribution in [2.24, 2.45) is 0 Å². The lowest BCUT2D eigenvalue weighted by atomic mass is 10.1. The summed E-state index contributed by atoms with van der Waals surface area (Å²) in [7, 11) is 3.29. The smallest absolute Gasteiger partial charge is 0.337 e. The highest BCUT2D eigenvalue weighted by atomic mass is 32.1. The van der Waals surface area contributed by atoms with Gasteiger partial charge in [0, 0.05) is 14.1 Å². The van der Waals surface area contributed by atoms with Crippen molar-refractivity contribution in [3.05, 3.63) is 59.7 Å². The largest absolute Gasteiger partial charge is 0.478 e. The topological polar surface area (TPSA) is 81.1 Å². The molecule has 2 aromatic carbocycles. The Morgan fingerprint density at radius 1 is 0.792 bits per heavy atom. The van der Waals surface area contributed by atoms with Crippen LogP contribution < -0.4 is 9.80 Å². The van der Waals surface area contributed by atoms with Gasteiger partial charge in [0.1, 0.15) is 0 Å². The third kappa shape index (κ3) is 3.36. The van der Waals surface area contributed by atoms with E-state index in [1.165, 1.54) is 21.9 Å².